The standard InChI is InChI=1S/C11H13FO4/c1-2-15-11(14)7-16-10-4-3-9(12)5-8(10)6-13/h3-5,13H,2,6-7H2,1H3. The van der Waals surface area contributed by atoms with Gasteiger partial charge >= 0.3 is 5.97 Å². The molecular weight excluding hydrogens is 215 g/mol. The number of aliphatic hydroxyl groups excluding tert-OH is 1. The highest BCUT2D eigenvalue weighted by atomic mass is 19.1. The molecule has 1 N–H and O–H groups in total. The van der Waals surface area contributed by atoms with E-state index in [2.05, 4.69) is 4.74 Å². The van der Waals surface area contributed by atoms with Crippen molar-refractivity contribution in [2.24, 2.45) is 0 Å². The van der Waals surface area contributed by atoms with Crippen LogP contribution in [0.4, 0.5) is 4.39 Å². The molecule has 0 saturated carbocycles. The molecule has 88 valence electrons. The van der Waals surface area contributed by atoms with Crippen molar-refractivity contribution < 1.29 is 23.8 Å². The van der Waals surface area contributed by atoms with Crippen LogP contribution in [0.15, 0.2) is 18.2 Å². The second-order valence-electron chi connectivity index (χ2n) is 3.00. The molecule has 0 aliphatic heterocycles. The van der Waals surface area contributed by atoms with Crippen LogP contribution >= 0.6 is 0 Å². The topological polar surface area (TPSA) is 55.8 Å². The molecule has 1 aromatic carbocycles. The summed E-state index contributed by atoms with van der Waals surface area (Å²) in [5, 5.41) is 8.95. The lowest BCUT2D eigenvalue weighted by Gasteiger charge is -2.09. The molecule has 1 aromatic rings. The Hall–Kier alpha value is -1.62. The number of rotatable bonds is 5. The van der Waals surface area contributed by atoms with Gasteiger partial charge in [-0.1, -0.05) is 0 Å². The van der Waals surface area contributed by atoms with E-state index in [-0.39, 0.29) is 25.6 Å². The number of esters is 1. The molecule has 0 atom stereocenters. The molecule has 0 aliphatic rings. The third-order valence-electron chi connectivity index (χ3n) is 1.84. The van der Waals surface area contributed by atoms with Gasteiger partial charge in [-0.05, 0) is 25.1 Å². The minimum Gasteiger partial charge on any atom is -0.482 e. The fraction of sp³-hybridized carbons (Fsp3) is 0.364. The fourth-order valence-corrected chi connectivity index (χ4v) is 1.15. The number of carbonyl (C=O) groups excluding carboxylic acids is 1. The van der Waals surface area contributed by atoms with Crippen LogP contribution in [0.3, 0.4) is 0 Å². The lowest BCUT2D eigenvalue weighted by Crippen LogP contribution is -2.15. The Bertz CT molecular complexity index is 365. The molecule has 0 aliphatic carbocycles. The third-order valence-corrected chi connectivity index (χ3v) is 1.84. The maximum Gasteiger partial charge on any atom is 0.344 e. The van der Waals surface area contributed by atoms with E-state index < -0.39 is 11.8 Å². The number of benzene rings is 1. The zero-order chi connectivity index (χ0) is 12.0. The molecule has 5 heteroatoms. The van der Waals surface area contributed by atoms with Crippen molar-refractivity contribution in [3.05, 3.63) is 29.6 Å². The Kier molecular flexibility index (Phi) is 4.72. The Morgan fingerprint density at radius 1 is 1.50 bits per heavy atom. The van der Waals surface area contributed by atoms with Crippen molar-refractivity contribution in [1.82, 2.24) is 0 Å². The van der Waals surface area contributed by atoms with E-state index in [4.69, 9.17) is 9.84 Å². The summed E-state index contributed by atoms with van der Waals surface area (Å²) in [5.74, 6) is -0.694. The van der Waals surface area contributed by atoms with Crippen molar-refractivity contribution in [3.8, 4) is 5.75 Å². The summed E-state index contributed by atoms with van der Waals surface area (Å²) >= 11 is 0. The highest BCUT2D eigenvalue weighted by Crippen LogP contribution is 2.19. The summed E-state index contributed by atoms with van der Waals surface area (Å²) in [6.45, 7) is 1.36. The van der Waals surface area contributed by atoms with Crippen molar-refractivity contribution >= 4 is 5.97 Å². The van der Waals surface area contributed by atoms with Gasteiger partial charge in [0.15, 0.2) is 6.61 Å². The molecule has 16 heavy (non-hydrogen) atoms. The van der Waals surface area contributed by atoms with Crippen LogP contribution in [0, 0.1) is 5.82 Å². The summed E-state index contributed by atoms with van der Waals surface area (Å²) in [7, 11) is 0. The number of halogens is 1. The summed E-state index contributed by atoms with van der Waals surface area (Å²) in [6, 6.07) is 3.71. The third kappa shape index (κ3) is 3.51. The predicted molar refractivity (Wildman–Crippen MR) is 54.5 cm³/mol. The molecule has 0 amide bonds. The van der Waals surface area contributed by atoms with Crippen LogP contribution in [0.1, 0.15) is 12.5 Å². The number of hydrogen-bond acceptors (Lipinski definition) is 4. The molecule has 4 nitrogen and oxygen atoms in total. The van der Waals surface area contributed by atoms with Gasteiger partial charge in [-0.2, -0.15) is 0 Å². The lowest BCUT2D eigenvalue weighted by molar-refractivity contribution is -0.145. The first kappa shape index (κ1) is 12.4. The van der Waals surface area contributed by atoms with Crippen molar-refractivity contribution in [1.29, 1.82) is 0 Å². The molecule has 0 fully saturated rings. The maximum absolute atomic E-state index is 12.8. The first-order chi connectivity index (χ1) is 7.67. The van der Waals surface area contributed by atoms with Gasteiger partial charge in [0.2, 0.25) is 0 Å². The average molecular weight is 228 g/mol. The van der Waals surface area contributed by atoms with Crippen LogP contribution in [-0.4, -0.2) is 24.3 Å². The zero-order valence-corrected chi connectivity index (χ0v) is 8.90. The largest absolute Gasteiger partial charge is 0.482 e. The van der Waals surface area contributed by atoms with E-state index >= 15 is 0 Å². The van der Waals surface area contributed by atoms with Crippen LogP contribution in [0.2, 0.25) is 0 Å². The smallest absolute Gasteiger partial charge is 0.344 e. The zero-order valence-electron chi connectivity index (χ0n) is 8.90. The summed E-state index contributed by atoms with van der Waals surface area (Å²) < 4.78 is 22.6. The van der Waals surface area contributed by atoms with E-state index in [1.165, 1.54) is 12.1 Å². The van der Waals surface area contributed by atoms with E-state index in [1.54, 1.807) is 6.92 Å². The van der Waals surface area contributed by atoms with Crippen molar-refractivity contribution in [3.63, 3.8) is 0 Å². The summed E-state index contributed by atoms with van der Waals surface area (Å²) in [5.41, 5.74) is 0.296. The minimum atomic E-state index is -0.504. The second-order valence-corrected chi connectivity index (χ2v) is 3.00. The predicted octanol–water partition coefficient (Wildman–Crippen LogP) is 1.26. The Balaban J connectivity index is 2.63. The first-order valence-electron chi connectivity index (χ1n) is 4.85. The van der Waals surface area contributed by atoms with Crippen LogP contribution in [0.25, 0.3) is 0 Å². The molecule has 0 radical (unpaired) electrons. The highest BCUT2D eigenvalue weighted by Gasteiger charge is 2.07. The van der Waals surface area contributed by atoms with Gasteiger partial charge in [-0.15, -0.1) is 0 Å². The summed E-state index contributed by atoms with van der Waals surface area (Å²) in [4.78, 5) is 11.0. The molecule has 0 aromatic heterocycles. The molecule has 0 bridgehead atoms. The van der Waals surface area contributed by atoms with Gasteiger partial charge in [0.1, 0.15) is 11.6 Å². The minimum absolute atomic E-state index is 0.257. The van der Waals surface area contributed by atoms with Gasteiger partial charge in [0, 0.05) is 5.56 Å². The molecule has 0 saturated heterocycles. The molecule has 0 spiro atoms. The van der Waals surface area contributed by atoms with Crippen molar-refractivity contribution in [2.45, 2.75) is 13.5 Å². The van der Waals surface area contributed by atoms with Gasteiger partial charge in [-0.3, -0.25) is 0 Å². The van der Waals surface area contributed by atoms with E-state index in [0.29, 0.717) is 5.56 Å². The normalized spacial score (nSPS) is 9.94. The number of ether oxygens (including phenoxy) is 2. The molecule has 0 unspecified atom stereocenters. The summed E-state index contributed by atoms with van der Waals surface area (Å²) in [6.07, 6.45) is 0. The quantitative estimate of drug-likeness (QED) is 0.771. The van der Waals surface area contributed by atoms with Crippen LogP contribution in [-0.2, 0) is 16.1 Å². The number of carbonyl (C=O) groups is 1. The van der Waals surface area contributed by atoms with E-state index in [0.717, 1.165) is 6.07 Å². The van der Waals surface area contributed by atoms with E-state index in [1.807, 2.05) is 0 Å². The first-order valence-corrected chi connectivity index (χ1v) is 4.85. The monoisotopic (exact) mass is 228 g/mol. The molecular formula is C11H13FO4. The average Bonchev–Trinajstić information content (AvgIpc) is 2.27. The van der Waals surface area contributed by atoms with Gasteiger partial charge < -0.3 is 14.6 Å². The lowest BCUT2D eigenvalue weighted by atomic mass is 10.2. The molecule has 0 heterocycles. The molecule has 1 rings (SSSR count). The van der Waals surface area contributed by atoms with Crippen LogP contribution < -0.4 is 4.74 Å². The highest BCUT2D eigenvalue weighted by molar-refractivity contribution is 5.71. The van der Waals surface area contributed by atoms with Gasteiger partial charge in [0.05, 0.1) is 13.2 Å². The fourth-order valence-electron chi connectivity index (χ4n) is 1.15. The Labute approximate surface area is 92.6 Å². The number of aliphatic hydroxyl groups is 1. The van der Waals surface area contributed by atoms with E-state index in [9.17, 15) is 9.18 Å². The van der Waals surface area contributed by atoms with Gasteiger partial charge in [-0.25, -0.2) is 9.18 Å². The second kappa shape index (κ2) is 6.07. The van der Waals surface area contributed by atoms with Crippen molar-refractivity contribution in [2.75, 3.05) is 13.2 Å². The van der Waals surface area contributed by atoms with Crippen LogP contribution in [0.5, 0.6) is 5.75 Å². The SMILES string of the molecule is CCOC(=O)COc1ccc(F)cc1CO. The Morgan fingerprint density at radius 2 is 2.25 bits per heavy atom. The van der Waals surface area contributed by atoms with Gasteiger partial charge in [0.25, 0.3) is 0 Å². The number of hydrogen-bond donors (Lipinski definition) is 1. The Morgan fingerprint density at radius 3 is 2.88 bits per heavy atom. The maximum atomic E-state index is 12.8.